The molecule has 2 atom stereocenters. The summed E-state index contributed by atoms with van der Waals surface area (Å²) in [6.07, 6.45) is 4.73. The van der Waals surface area contributed by atoms with Gasteiger partial charge in [0.15, 0.2) is 5.96 Å². The van der Waals surface area contributed by atoms with E-state index < -0.39 is 0 Å². The molecule has 5 heteroatoms. The Labute approximate surface area is 144 Å². The van der Waals surface area contributed by atoms with E-state index in [-0.39, 0.29) is 17.7 Å². The SMILES string of the molecule is CN=C(NCC1CCCCO1)NC1CC(C)(C)Oc2ccccc21. The Morgan fingerprint density at radius 1 is 1.29 bits per heavy atom. The molecule has 2 aliphatic rings. The van der Waals surface area contributed by atoms with Crippen LogP contribution in [0.4, 0.5) is 0 Å². The van der Waals surface area contributed by atoms with Crippen LogP contribution in [-0.4, -0.2) is 37.9 Å². The smallest absolute Gasteiger partial charge is 0.191 e. The van der Waals surface area contributed by atoms with Crippen LogP contribution in [0, 0.1) is 0 Å². The highest BCUT2D eigenvalue weighted by molar-refractivity contribution is 5.80. The highest BCUT2D eigenvalue weighted by atomic mass is 16.5. The Kier molecular flexibility index (Phi) is 5.29. The van der Waals surface area contributed by atoms with Gasteiger partial charge < -0.3 is 20.1 Å². The first-order chi connectivity index (χ1) is 11.6. The molecule has 1 saturated heterocycles. The molecule has 0 radical (unpaired) electrons. The van der Waals surface area contributed by atoms with Gasteiger partial charge in [0.1, 0.15) is 11.4 Å². The summed E-state index contributed by atoms with van der Waals surface area (Å²) in [7, 11) is 1.81. The first kappa shape index (κ1) is 17.1. The molecule has 0 aromatic heterocycles. The van der Waals surface area contributed by atoms with Crippen molar-refractivity contribution in [1.82, 2.24) is 10.6 Å². The van der Waals surface area contributed by atoms with Gasteiger partial charge in [0.05, 0.1) is 12.1 Å². The van der Waals surface area contributed by atoms with Gasteiger partial charge in [-0.1, -0.05) is 18.2 Å². The lowest BCUT2D eigenvalue weighted by Gasteiger charge is -2.38. The maximum absolute atomic E-state index is 6.10. The predicted molar refractivity (Wildman–Crippen MR) is 96.6 cm³/mol. The Hall–Kier alpha value is -1.75. The van der Waals surface area contributed by atoms with Gasteiger partial charge in [-0.15, -0.1) is 0 Å². The van der Waals surface area contributed by atoms with Crippen LogP contribution in [0.25, 0.3) is 0 Å². The van der Waals surface area contributed by atoms with E-state index in [0.717, 1.165) is 37.7 Å². The Balaban J connectivity index is 1.64. The van der Waals surface area contributed by atoms with E-state index in [1.54, 1.807) is 0 Å². The second-order valence-corrected chi connectivity index (χ2v) is 7.24. The van der Waals surface area contributed by atoms with E-state index in [2.05, 4.69) is 41.6 Å². The zero-order chi connectivity index (χ0) is 17.0. The molecule has 2 N–H and O–H groups in total. The van der Waals surface area contributed by atoms with Crippen LogP contribution in [0.2, 0.25) is 0 Å². The maximum Gasteiger partial charge on any atom is 0.191 e. The molecule has 1 aromatic rings. The molecule has 0 bridgehead atoms. The normalized spacial score (nSPS) is 26.2. The average molecular weight is 331 g/mol. The number of hydrogen-bond acceptors (Lipinski definition) is 3. The molecule has 132 valence electrons. The third-order valence-corrected chi connectivity index (χ3v) is 4.68. The third kappa shape index (κ3) is 4.20. The summed E-state index contributed by atoms with van der Waals surface area (Å²) >= 11 is 0. The summed E-state index contributed by atoms with van der Waals surface area (Å²) in [5, 5.41) is 6.98. The topological polar surface area (TPSA) is 54.9 Å². The van der Waals surface area contributed by atoms with Crippen LogP contribution in [0.15, 0.2) is 29.3 Å². The van der Waals surface area contributed by atoms with Crippen LogP contribution in [0.3, 0.4) is 0 Å². The van der Waals surface area contributed by atoms with E-state index in [4.69, 9.17) is 9.47 Å². The minimum atomic E-state index is -0.197. The van der Waals surface area contributed by atoms with E-state index in [0.29, 0.717) is 0 Å². The standard InChI is InChI=1S/C19H29N3O2/c1-19(2)12-16(15-9-4-5-10-17(15)24-19)22-18(20-3)21-13-14-8-6-7-11-23-14/h4-5,9-10,14,16H,6-8,11-13H2,1-3H3,(H2,20,21,22). The number of ether oxygens (including phenoxy) is 2. The first-order valence-electron chi connectivity index (χ1n) is 8.94. The number of nitrogens with zero attached hydrogens (tertiary/aromatic N) is 1. The van der Waals surface area contributed by atoms with Crippen molar-refractivity contribution in [2.75, 3.05) is 20.2 Å². The average Bonchev–Trinajstić information content (AvgIpc) is 2.58. The van der Waals surface area contributed by atoms with Crippen molar-refractivity contribution < 1.29 is 9.47 Å². The minimum absolute atomic E-state index is 0.184. The van der Waals surface area contributed by atoms with Crippen LogP contribution >= 0.6 is 0 Å². The molecule has 2 heterocycles. The molecule has 2 unspecified atom stereocenters. The number of hydrogen-bond donors (Lipinski definition) is 2. The fraction of sp³-hybridized carbons (Fsp3) is 0.632. The van der Waals surface area contributed by atoms with Crippen LogP contribution in [0.1, 0.15) is 51.1 Å². The number of fused-ring (bicyclic) bond motifs is 1. The number of para-hydroxylation sites is 1. The van der Waals surface area contributed by atoms with Crippen molar-refractivity contribution in [2.45, 2.75) is 57.3 Å². The first-order valence-corrected chi connectivity index (χ1v) is 8.94. The second kappa shape index (κ2) is 7.43. The van der Waals surface area contributed by atoms with E-state index in [1.807, 2.05) is 19.2 Å². The molecule has 0 spiro atoms. The Bertz CT molecular complexity index is 580. The molecule has 5 nitrogen and oxygen atoms in total. The maximum atomic E-state index is 6.10. The zero-order valence-corrected chi connectivity index (χ0v) is 15.0. The molecule has 24 heavy (non-hydrogen) atoms. The van der Waals surface area contributed by atoms with Gasteiger partial charge in [-0.3, -0.25) is 4.99 Å². The summed E-state index contributed by atoms with van der Waals surface area (Å²) in [6, 6.07) is 8.42. The van der Waals surface area contributed by atoms with E-state index in [1.165, 1.54) is 18.4 Å². The molecule has 0 aliphatic carbocycles. The van der Waals surface area contributed by atoms with Crippen molar-refractivity contribution >= 4 is 5.96 Å². The van der Waals surface area contributed by atoms with Crippen LogP contribution in [-0.2, 0) is 4.74 Å². The second-order valence-electron chi connectivity index (χ2n) is 7.24. The zero-order valence-electron chi connectivity index (χ0n) is 15.0. The highest BCUT2D eigenvalue weighted by Crippen LogP contribution is 2.39. The van der Waals surface area contributed by atoms with Gasteiger partial charge in [0.25, 0.3) is 0 Å². The molecule has 0 saturated carbocycles. The largest absolute Gasteiger partial charge is 0.487 e. The number of nitrogens with one attached hydrogen (secondary N) is 2. The minimum Gasteiger partial charge on any atom is -0.487 e. The van der Waals surface area contributed by atoms with Gasteiger partial charge in [-0.2, -0.15) is 0 Å². The molecule has 0 amide bonds. The van der Waals surface area contributed by atoms with Crippen molar-refractivity contribution in [2.24, 2.45) is 4.99 Å². The van der Waals surface area contributed by atoms with E-state index in [9.17, 15) is 0 Å². The number of benzene rings is 1. The molecule has 1 aromatic carbocycles. The monoisotopic (exact) mass is 331 g/mol. The van der Waals surface area contributed by atoms with Gasteiger partial charge in [-0.25, -0.2) is 0 Å². The third-order valence-electron chi connectivity index (χ3n) is 4.68. The van der Waals surface area contributed by atoms with E-state index >= 15 is 0 Å². The number of guanidine groups is 1. The van der Waals surface area contributed by atoms with Gasteiger partial charge in [0, 0.05) is 32.2 Å². The van der Waals surface area contributed by atoms with Crippen LogP contribution < -0.4 is 15.4 Å². The molecule has 3 rings (SSSR count). The lowest BCUT2D eigenvalue weighted by molar-refractivity contribution is 0.0193. The molecular formula is C19H29N3O2. The Morgan fingerprint density at radius 3 is 2.88 bits per heavy atom. The van der Waals surface area contributed by atoms with Gasteiger partial charge in [-0.05, 0) is 39.2 Å². The lowest BCUT2D eigenvalue weighted by atomic mass is 9.90. The summed E-state index contributed by atoms with van der Waals surface area (Å²) in [6.45, 7) is 5.93. The quantitative estimate of drug-likeness (QED) is 0.660. The van der Waals surface area contributed by atoms with Crippen molar-refractivity contribution in [3.63, 3.8) is 0 Å². The van der Waals surface area contributed by atoms with Crippen molar-refractivity contribution in [3.05, 3.63) is 29.8 Å². The van der Waals surface area contributed by atoms with Crippen LogP contribution in [0.5, 0.6) is 5.75 Å². The summed E-state index contributed by atoms with van der Waals surface area (Å²) < 4.78 is 11.9. The molecular weight excluding hydrogens is 302 g/mol. The number of aliphatic imine (C=N–C) groups is 1. The fourth-order valence-electron chi connectivity index (χ4n) is 3.47. The van der Waals surface area contributed by atoms with Crippen molar-refractivity contribution in [3.8, 4) is 5.75 Å². The summed E-state index contributed by atoms with van der Waals surface area (Å²) in [5.41, 5.74) is 0.992. The van der Waals surface area contributed by atoms with Gasteiger partial charge >= 0.3 is 0 Å². The molecule has 2 aliphatic heterocycles. The van der Waals surface area contributed by atoms with Gasteiger partial charge in [0.2, 0.25) is 0 Å². The van der Waals surface area contributed by atoms with Crippen molar-refractivity contribution in [1.29, 1.82) is 0 Å². The predicted octanol–water partition coefficient (Wildman–Crippen LogP) is 3.02. The highest BCUT2D eigenvalue weighted by Gasteiger charge is 2.34. The molecule has 1 fully saturated rings. The summed E-state index contributed by atoms with van der Waals surface area (Å²) in [5.74, 6) is 1.78. The Morgan fingerprint density at radius 2 is 2.12 bits per heavy atom. The lowest BCUT2D eigenvalue weighted by Crippen LogP contribution is -2.47. The summed E-state index contributed by atoms with van der Waals surface area (Å²) in [4.78, 5) is 4.39. The fourth-order valence-corrected chi connectivity index (χ4v) is 3.47. The number of rotatable bonds is 3.